The molecule has 0 aliphatic heterocycles. The number of nitrogens with one attached hydrogen (secondary N) is 1. The molecule has 1 amide bonds. The monoisotopic (exact) mass is 185 g/mol. The van der Waals surface area contributed by atoms with Crippen molar-refractivity contribution in [1.29, 1.82) is 0 Å². The molecule has 0 aliphatic rings. The van der Waals surface area contributed by atoms with Gasteiger partial charge in [0.15, 0.2) is 0 Å². The van der Waals surface area contributed by atoms with Crippen LogP contribution in [0.25, 0.3) is 0 Å². The minimum atomic E-state index is -0.0487. The van der Waals surface area contributed by atoms with Crippen LogP contribution in [-0.2, 0) is 9.53 Å². The van der Waals surface area contributed by atoms with Crippen molar-refractivity contribution >= 4 is 5.91 Å². The van der Waals surface area contributed by atoms with E-state index in [4.69, 9.17) is 4.74 Å². The van der Waals surface area contributed by atoms with Gasteiger partial charge >= 0.3 is 0 Å². The van der Waals surface area contributed by atoms with Crippen molar-refractivity contribution in [3.63, 3.8) is 0 Å². The molecule has 3 nitrogen and oxygen atoms in total. The number of allylic oxidation sites excluding steroid dienone is 1. The molecule has 1 N–H and O–H groups in total. The summed E-state index contributed by atoms with van der Waals surface area (Å²) in [6.07, 6.45) is 1.80. The highest BCUT2D eigenvalue weighted by atomic mass is 16.5. The first-order valence-electron chi connectivity index (χ1n) is 4.56. The van der Waals surface area contributed by atoms with E-state index in [2.05, 4.69) is 5.32 Å². The lowest BCUT2D eigenvalue weighted by molar-refractivity contribution is -0.116. The van der Waals surface area contributed by atoms with E-state index in [9.17, 15) is 4.79 Å². The Bertz CT molecular complexity index is 181. The SMILES string of the molecule is CC(C)=CC(=O)NCCOC(C)C. The Labute approximate surface area is 80.2 Å². The van der Waals surface area contributed by atoms with Gasteiger partial charge < -0.3 is 10.1 Å². The van der Waals surface area contributed by atoms with Crippen molar-refractivity contribution in [2.45, 2.75) is 33.8 Å². The molecular formula is C10H19NO2. The van der Waals surface area contributed by atoms with Crippen LogP contribution in [0.15, 0.2) is 11.6 Å². The Hall–Kier alpha value is -0.830. The van der Waals surface area contributed by atoms with Gasteiger partial charge in [0.2, 0.25) is 5.91 Å². The standard InChI is InChI=1S/C10H19NO2/c1-8(2)7-10(12)11-5-6-13-9(3)4/h7,9H,5-6H2,1-4H3,(H,11,12). The van der Waals surface area contributed by atoms with Gasteiger partial charge in [-0.25, -0.2) is 0 Å². The van der Waals surface area contributed by atoms with E-state index in [1.54, 1.807) is 6.08 Å². The molecule has 13 heavy (non-hydrogen) atoms. The Morgan fingerprint density at radius 2 is 2.08 bits per heavy atom. The summed E-state index contributed by atoms with van der Waals surface area (Å²) >= 11 is 0. The first-order valence-corrected chi connectivity index (χ1v) is 4.56. The summed E-state index contributed by atoms with van der Waals surface area (Å²) in [6, 6.07) is 0. The lowest BCUT2D eigenvalue weighted by Crippen LogP contribution is -2.26. The van der Waals surface area contributed by atoms with E-state index in [0.29, 0.717) is 13.2 Å². The van der Waals surface area contributed by atoms with Gasteiger partial charge in [-0.1, -0.05) is 5.57 Å². The number of carbonyl (C=O) groups is 1. The van der Waals surface area contributed by atoms with Crippen molar-refractivity contribution in [3.05, 3.63) is 11.6 Å². The number of hydrogen-bond acceptors (Lipinski definition) is 2. The highest BCUT2D eigenvalue weighted by molar-refractivity contribution is 5.87. The van der Waals surface area contributed by atoms with Gasteiger partial charge in [-0.05, 0) is 27.7 Å². The third-order valence-corrected chi connectivity index (χ3v) is 1.27. The molecule has 0 rings (SSSR count). The highest BCUT2D eigenvalue weighted by Crippen LogP contribution is 1.88. The molecule has 76 valence electrons. The number of carbonyl (C=O) groups excluding carboxylic acids is 1. The number of rotatable bonds is 5. The maximum Gasteiger partial charge on any atom is 0.243 e. The van der Waals surface area contributed by atoms with Crippen LogP contribution in [0, 0.1) is 0 Å². The van der Waals surface area contributed by atoms with E-state index >= 15 is 0 Å². The van der Waals surface area contributed by atoms with Crippen LogP contribution in [0.3, 0.4) is 0 Å². The first kappa shape index (κ1) is 12.2. The van der Waals surface area contributed by atoms with E-state index in [-0.39, 0.29) is 12.0 Å². The smallest absolute Gasteiger partial charge is 0.243 e. The molecule has 0 spiro atoms. The average Bonchev–Trinajstić information content (AvgIpc) is 1.96. The molecule has 0 aromatic heterocycles. The Morgan fingerprint density at radius 1 is 1.46 bits per heavy atom. The Morgan fingerprint density at radius 3 is 2.54 bits per heavy atom. The third-order valence-electron chi connectivity index (χ3n) is 1.27. The molecule has 0 aromatic carbocycles. The summed E-state index contributed by atoms with van der Waals surface area (Å²) in [4.78, 5) is 11.1. The van der Waals surface area contributed by atoms with Crippen LogP contribution in [-0.4, -0.2) is 25.2 Å². The lowest BCUT2D eigenvalue weighted by atomic mass is 10.3. The minimum Gasteiger partial charge on any atom is -0.377 e. The molecule has 0 saturated carbocycles. The van der Waals surface area contributed by atoms with Gasteiger partial charge in [0.1, 0.15) is 0 Å². The van der Waals surface area contributed by atoms with Crippen molar-refractivity contribution in [1.82, 2.24) is 5.32 Å². The van der Waals surface area contributed by atoms with E-state index < -0.39 is 0 Å². The lowest BCUT2D eigenvalue weighted by Gasteiger charge is -2.07. The van der Waals surface area contributed by atoms with E-state index in [1.165, 1.54) is 0 Å². The maximum atomic E-state index is 11.1. The van der Waals surface area contributed by atoms with Crippen LogP contribution >= 0.6 is 0 Å². The molecule has 0 saturated heterocycles. The summed E-state index contributed by atoms with van der Waals surface area (Å²) in [6.45, 7) is 8.87. The molecule has 0 aliphatic carbocycles. The maximum absolute atomic E-state index is 11.1. The molecule has 0 radical (unpaired) electrons. The summed E-state index contributed by atoms with van der Waals surface area (Å²) in [5, 5.41) is 2.73. The van der Waals surface area contributed by atoms with Crippen LogP contribution in [0.4, 0.5) is 0 Å². The fraction of sp³-hybridized carbons (Fsp3) is 0.700. The molecule has 0 heterocycles. The largest absolute Gasteiger partial charge is 0.377 e. The molecule has 0 unspecified atom stereocenters. The zero-order valence-electron chi connectivity index (χ0n) is 8.89. The molecule has 0 fully saturated rings. The second kappa shape index (κ2) is 6.66. The van der Waals surface area contributed by atoms with E-state index in [1.807, 2.05) is 27.7 Å². The fourth-order valence-corrected chi connectivity index (χ4v) is 0.782. The molecule has 0 bridgehead atoms. The summed E-state index contributed by atoms with van der Waals surface area (Å²) in [5.41, 5.74) is 1.00. The predicted octanol–water partition coefficient (Wildman–Crippen LogP) is 1.49. The number of ether oxygens (including phenoxy) is 1. The number of hydrogen-bond donors (Lipinski definition) is 1. The summed E-state index contributed by atoms with van der Waals surface area (Å²) < 4.78 is 5.26. The molecule has 3 heteroatoms. The van der Waals surface area contributed by atoms with Gasteiger partial charge in [-0.3, -0.25) is 4.79 Å². The quantitative estimate of drug-likeness (QED) is 0.520. The zero-order chi connectivity index (χ0) is 10.3. The normalized spacial score (nSPS) is 9.92. The topological polar surface area (TPSA) is 38.3 Å². The summed E-state index contributed by atoms with van der Waals surface area (Å²) in [5.74, 6) is -0.0487. The van der Waals surface area contributed by atoms with Gasteiger partial charge in [-0.2, -0.15) is 0 Å². The fourth-order valence-electron chi connectivity index (χ4n) is 0.782. The van der Waals surface area contributed by atoms with Crippen LogP contribution in [0.2, 0.25) is 0 Å². The number of amides is 1. The van der Waals surface area contributed by atoms with Gasteiger partial charge in [0, 0.05) is 12.6 Å². The highest BCUT2D eigenvalue weighted by Gasteiger charge is 1.96. The van der Waals surface area contributed by atoms with Crippen LogP contribution < -0.4 is 5.32 Å². The Balaban J connectivity index is 3.44. The van der Waals surface area contributed by atoms with Crippen molar-refractivity contribution in [2.24, 2.45) is 0 Å². The second-order valence-corrected chi connectivity index (χ2v) is 3.43. The first-order chi connectivity index (χ1) is 6.02. The predicted molar refractivity (Wildman–Crippen MR) is 53.5 cm³/mol. The van der Waals surface area contributed by atoms with Gasteiger partial charge in [0.05, 0.1) is 12.7 Å². The second-order valence-electron chi connectivity index (χ2n) is 3.43. The molecule has 0 aromatic rings. The minimum absolute atomic E-state index is 0.0487. The van der Waals surface area contributed by atoms with Crippen LogP contribution in [0.5, 0.6) is 0 Å². The van der Waals surface area contributed by atoms with Crippen molar-refractivity contribution < 1.29 is 9.53 Å². The average molecular weight is 185 g/mol. The van der Waals surface area contributed by atoms with Crippen molar-refractivity contribution in [3.8, 4) is 0 Å². The van der Waals surface area contributed by atoms with Crippen molar-refractivity contribution in [2.75, 3.05) is 13.2 Å². The van der Waals surface area contributed by atoms with Crippen LogP contribution in [0.1, 0.15) is 27.7 Å². The molecule has 0 atom stereocenters. The molecular weight excluding hydrogens is 166 g/mol. The zero-order valence-corrected chi connectivity index (χ0v) is 8.89. The third kappa shape index (κ3) is 9.08. The van der Waals surface area contributed by atoms with Gasteiger partial charge in [-0.15, -0.1) is 0 Å². The van der Waals surface area contributed by atoms with E-state index in [0.717, 1.165) is 5.57 Å². The summed E-state index contributed by atoms with van der Waals surface area (Å²) in [7, 11) is 0. The Kier molecular flexibility index (Phi) is 6.24. The van der Waals surface area contributed by atoms with Gasteiger partial charge in [0.25, 0.3) is 0 Å².